The number of nitrogens with one attached hydrogen (secondary N) is 1. The molecule has 1 N–H and O–H groups in total. The van der Waals surface area contributed by atoms with Gasteiger partial charge in [0.25, 0.3) is 15.9 Å². The average molecular weight is 554 g/mol. The van der Waals surface area contributed by atoms with Crippen LogP contribution in [0.1, 0.15) is 34.3 Å². The van der Waals surface area contributed by atoms with E-state index < -0.39 is 22.0 Å². The number of likely N-dealkylation sites (N-methyl/N-ethyl adjacent to an activating group) is 1. The zero-order chi connectivity index (χ0) is 27.3. The minimum atomic E-state index is -3.96. The highest BCUT2D eigenvalue weighted by Gasteiger charge is 2.40. The molecule has 1 aliphatic heterocycles. The Morgan fingerprint density at radius 3 is 2.26 bits per heavy atom. The molecule has 0 saturated heterocycles. The second-order valence-electron chi connectivity index (χ2n) is 8.95. The van der Waals surface area contributed by atoms with Gasteiger partial charge in [0.2, 0.25) is 11.8 Å². The lowest BCUT2D eigenvalue weighted by Crippen LogP contribution is -2.49. The average Bonchev–Trinajstić information content (AvgIpc) is 3.12. The van der Waals surface area contributed by atoms with Gasteiger partial charge in [0.15, 0.2) is 0 Å². The minimum absolute atomic E-state index is 0.0248. The van der Waals surface area contributed by atoms with E-state index in [9.17, 15) is 22.8 Å². The minimum Gasteiger partial charge on any atom is -0.357 e. The fourth-order valence-corrected chi connectivity index (χ4v) is 6.21. The van der Waals surface area contributed by atoms with Crippen LogP contribution in [0, 0.1) is 0 Å². The molecule has 0 saturated carbocycles. The first kappa shape index (κ1) is 27.3. The number of halogens is 1. The zero-order valence-electron chi connectivity index (χ0n) is 20.8. The van der Waals surface area contributed by atoms with Gasteiger partial charge < -0.3 is 10.2 Å². The molecule has 0 fully saturated rings. The second kappa shape index (κ2) is 11.8. The fraction of sp³-hybridized carbons (Fsp3) is 0.250. The van der Waals surface area contributed by atoms with Crippen molar-refractivity contribution in [1.82, 2.24) is 14.5 Å². The standard InChI is InChI=1S/C28H28ClN3O5S/c1-30-27(34)24(18-20-8-3-2-4-9-20)31(19-21-13-15-22(29)16-14-21)26(33)12-7-17-32-28(35)23-10-5-6-11-25(23)38(32,36)37/h2-6,8-11,13-16,24H,7,12,17-19H2,1H3,(H,30,34)/t24-/m1/s1. The number of carbonyl (C=O) groups excluding carboxylic acids is 3. The maximum absolute atomic E-state index is 13.6. The predicted octanol–water partition coefficient (Wildman–Crippen LogP) is 3.65. The molecule has 8 nitrogen and oxygen atoms in total. The van der Waals surface area contributed by atoms with Gasteiger partial charge in [0.05, 0.1) is 5.56 Å². The van der Waals surface area contributed by atoms with Gasteiger partial charge in [-0.2, -0.15) is 0 Å². The van der Waals surface area contributed by atoms with Gasteiger partial charge >= 0.3 is 0 Å². The Morgan fingerprint density at radius 2 is 1.61 bits per heavy atom. The molecule has 0 aromatic heterocycles. The van der Waals surface area contributed by atoms with Gasteiger partial charge in [0.1, 0.15) is 10.9 Å². The van der Waals surface area contributed by atoms with Crippen LogP contribution in [0.15, 0.2) is 83.8 Å². The molecular formula is C28H28ClN3O5S. The SMILES string of the molecule is CNC(=O)[C@@H](Cc1ccccc1)N(Cc1ccc(Cl)cc1)C(=O)CCCN1C(=O)c2ccccc2S1(=O)=O. The summed E-state index contributed by atoms with van der Waals surface area (Å²) in [6, 6.07) is 21.7. The molecule has 3 aromatic rings. The van der Waals surface area contributed by atoms with E-state index in [0.717, 1.165) is 15.4 Å². The van der Waals surface area contributed by atoms with E-state index in [1.807, 2.05) is 30.3 Å². The number of hydrogen-bond donors (Lipinski definition) is 1. The molecule has 3 aromatic carbocycles. The van der Waals surface area contributed by atoms with Crippen LogP contribution in [-0.4, -0.2) is 55.0 Å². The van der Waals surface area contributed by atoms with Crippen molar-refractivity contribution in [2.75, 3.05) is 13.6 Å². The molecule has 0 unspecified atom stereocenters. The molecule has 0 aliphatic carbocycles. The van der Waals surface area contributed by atoms with Crippen LogP contribution in [-0.2, 0) is 32.6 Å². The van der Waals surface area contributed by atoms with Gasteiger partial charge in [-0.1, -0.05) is 66.2 Å². The van der Waals surface area contributed by atoms with Crippen molar-refractivity contribution in [1.29, 1.82) is 0 Å². The Bertz CT molecular complexity index is 1430. The summed E-state index contributed by atoms with van der Waals surface area (Å²) in [6.45, 7) is 0.0208. The molecule has 3 amide bonds. The van der Waals surface area contributed by atoms with Crippen molar-refractivity contribution in [3.63, 3.8) is 0 Å². The number of rotatable bonds is 10. The van der Waals surface area contributed by atoms with Crippen molar-refractivity contribution < 1.29 is 22.8 Å². The lowest BCUT2D eigenvalue weighted by atomic mass is 10.0. The lowest BCUT2D eigenvalue weighted by Gasteiger charge is -2.31. The molecule has 1 atom stereocenters. The third-order valence-corrected chi connectivity index (χ3v) is 8.54. The largest absolute Gasteiger partial charge is 0.357 e. The number of benzene rings is 3. The number of fused-ring (bicyclic) bond motifs is 1. The van der Waals surface area contributed by atoms with E-state index in [0.29, 0.717) is 11.4 Å². The molecule has 0 radical (unpaired) electrons. The summed E-state index contributed by atoms with van der Waals surface area (Å²) >= 11 is 6.03. The lowest BCUT2D eigenvalue weighted by molar-refractivity contribution is -0.141. The topological polar surface area (TPSA) is 104 Å². The van der Waals surface area contributed by atoms with Crippen LogP contribution in [0.3, 0.4) is 0 Å². The van der Waals surface area contributed by atoms with Crippen molar-refractivity contribution in [3.8, 4) is 0 Å². The highest BCUT2D eigenvalue weighted by Crippen LogP contribution is 2.30. The van der Waals surface area contributed by atoms with Crippen molar-refractivity contribution in [2.45, 2.75) is 36.7 Å². The van der Waals surface area contributed by atoms with Crippen LogP contribution in [0.2, 0.25) is 5.02 Å². The molecule has 0 spiro atoms. The number of carbonyl (C=O) groups is 3. The fourth-order valence-electron chi connectivity index (χ4n) is 4.48. The third kappa shape index (κ3) is 5.89. The van der Waals surface area contributed by atoms with Crippen molar-refractivity contribution in [2.24, 2.45) is 0 Å². The van der Waals surface area contributed by atoms with E-state index in [4.69, 9.17) is 11.6 Å². The van der Waals surface area contributed by atoms with Crippen LogP contribution >= 0.6 is 11.6 Å². The van der Waals surface area contributed by atoms with Crippen molar-refractivity contribution >= 4 is 39.3 Å². The van der Waals surface area contributed by atoms with Gasteiger partial charge in [-0.3, -0.25) is 14.4 Å². The summed E-state index contributed by atoms with van der Waals surface area (Å²) in [7, 11) is -2.44. The number of amides is 3. The molecule has 198 valence electrons. The normalized spacial score (nSPS) is 14.6. The monoisotopic (exact) mass is 553 g/mol. The van der Waals surface area contributed by atoms with E-state index in [1.165, 1.54) is 24.1 Å². The Labute approximate surface area is 227 Å². The summed E-state index contributed by atoms with van der Waals surface area (Å²) in [5, 5.41) is 3.21. The number of sulfonamides is 1. The number of nitrogens with zero attached hydrogens (tertiary/aromatic N) is 2. The predicted molar refractivity (Wildman–Crippen MR) is 144 cm³/mol. The van der Waals surface area contributed by atoms with Crippen LogP contribution in [0.25, 0.3) is 0 Å². The smallest absolute Gasteiger partial charge is 0.269 e. The Hall–Kier alpha value is -3.69. The van der Waals surface area contributed by atoms with Gasteiger partial charge in [-0.25, -0.2) is 12.7 Å². The van der Waals surface area contributed by atoms with E-state index in [-0.39, 0.29) is 48.2 Å². The summed E-state index contributed by atoms with van der Waals surface area (Å²) in [4.78, 5) is 40.8. The van der Waals surface area contributed by atoms with Crippen LogP contribution in [0.5, 0.6) is 0 Å². The summed E-state index contributed by atoms with van der Waals surface area (Å²) in [5.74, 6) is -1.24. The molecule has 1 aliphatic rings. The second-order valence-corrected chi connectivity index (χ2v) is 11.2. The molecular weight excluding hydrogens is 526 g/mol. The quantitative estimate of drug-likeness (QED) is 0.413. The van der Waals surface area contributed by atoms with Crippen molar-refractivity contribution in [3.05, 3.63) is 101 Å². The van der Waals surface area contributed by atoms with Gasteiger partial charge in [-0.15, -0.1) is 0 Å². The molecule has 10 heteroatoms. The maximum atomic E-state index is 13.6. The molecule has 0 bridgehead atoms. The van der Waals surface area contributed by atoms with E-state index in [2.05, 4.69) is 5.32 Å². The zero-order valence-corrected chi connectivity index (χ0v) is 22.4. The molecule has 4 rings (SSSR count). The van der Waals surface area contributed by atoms with Crippen LogP contribution in [0.4, 0.5) is 0 Å². The molecule has 1 heterocycles. The first-order valence-corrected chi connectivity index (χ1v) is 14.0. The Balaban J connectivity index is 1.53. The number of hydrogen-bond acceptors (Lipinski definition) is 5. The first-order chi connectivity index (χ1) is 18.2. The summed E-state index contributed by atoms with van der Waals surface area (Å²) < 4.78 is 26.5. The van der Waals surface area contributed by atoms with Gasteiger partial charge in [-0.05, 0) is 41.8 Å². The highest BCUT2D eigenvalue weighted by molar-refractivity contribution is 7.90. The Kier molecular flexibility index (Phi) is 8.48. The third-order valence-electron chi connectivity index (χ3n) is 6.45. The van der Waals surface area contributed by atoms with E-state index >= 15 is 0 Å². The summed E-state index contributed by atoms with van der Waals surface area (Å²) in [6.07, 6.45) is 0.361. The Morgan fingerprint density at radius 1 is 0.947 bits per heavy atom. The highest BCUT2D eigenvalue weighted by atomic mass is 35.5. The van der Waals surface area contributed by atoms with E-state index in [1.54, 1.807) is 36.4 Å². The summed E-state index contributed by atoms with van der Waals surface area (Å²) in [5.41, 5.74) is 1.81. The maximum Gasteiger partial charge on any atom is 0.269 e. The van der Waals surface area contributed by atoms with Gasteiger partial charge in [0, 0.05) is 38.0 Å². The van der Waals surface area contributed by atoms with Crippen LogP contribution < -0.4 is 5.32 Å². The molecule has 38 heavy (non-hydrogen) atoms. The first-order valence-electron chi connectivity index (χ1n) is 12.2.